The van der Waals surface area contributed by atoms with Gasteiger partial charge in [0.2, 0.25) is 0 Å². The van der Waals surface area contributed by atoms with Crippen LogP contribution in [0.4, 0.5) is 4.39 Å². The van der Waals surface area contributed by atoms with Crippen LogP contribution in [0.3, 0.4) is 0 Å². The Kier molecular flexibility index (Phi) is 2.13. The van der Waals surface area contributed by atoms with E-state index in [2.05, 4.69) is 0 Å². The van der Waals surface area contributed by atoms with Gasteiger partial charge in [-0.05, 0) is 26.0 Å². The fourth-order valence-corrected chi connectivity index (χ4v) is 0.868. The predicted octanol–water partition coefficient (Wildman–Crippen LogP) is 2.04. The number of hydrogen-bond donors (Lipinski definition) is 1. The fourth-order valence-electron chi connectivity index (χ4n) is 0.868. The zero-order chi connectivity index (χ0) is 9.30. The summed E-state index contributed by atoms with van der Waals surface area (Å²) in [5.41, 5.74) is 0.357. The molecule has 0 fully saturated rings. The second kappa shape index (κ2) is 2.93. The molecule has 3 heteroatoms. The normalized spacial score (nSPS) is 9.92. The summed E-state index contributed by atoms with van der Waals surface area (Å²) in [6.45, 7) is 2.78. The van der Waals surface area contributed by atoms with Gasteiger partial charge in [0.25, 0.3) is 0 Å². The summed E-state index contributed by atoms with van der Waals surface area (Å²) in [5, 5.41) is 9.14. The number of Topliss-reactive ketones (excluding diaryl/α,β-unsaturated/α-hetero) is 1. The molecule has 2 nitrogen and oxygen atoms in total. The van der Waals surface area contributed by atoms with Crippen LogP contribution in [0.1, 0.15) is 22.8 Å². The van der Waals surface area contributed by atoms with Crippen molar-refractivity contribution in [3.05, 3.63) is 29.1 Å². The molecule has 64 valence electrons. The van der Waals surface area contributed by atoms with Gasteiger partial charge in [-0.1, -0.05) is 0 Å². The second-order valence-electron chi connectivity index (χ2n) is 2.66. The maximum Gasteiger partial charge on any atom is 0.160 e. The summed E-state index contributed by atoms with van der Waals surface area (Å²) >= 11 is 0. The number of hydrogen-bond acceptors (Lipinski definition) is 2. The van der Waals surface area contributed by atoms with Crippen molar-refractivity contribution in [1.82, 2.24) is 0 Å². The Hall–Kier alpha value is -1.38. The van der Waals surface area contributed by atoms with Crippen LogP contribution in [0.25, 0.3) is 0 Å². The van der Waals surface area contributed by atoms with E-state index in [9.17, 15) is 9.18 Å². The minimum absolute atomic E-state index is 0.167. The van der Waals surface area contributed by atoms with Gasteiger partial charge in [0, 0.05) is 11.1 Å². The topological polar surface area (TPSA) is 37.3 Å². The monoisotopic (exact) mass is 168 g/mol. The summed E-state index contributed by atoms with van der Waals surface area (Å²) < 4.78 is 12.9. The van der Waals surface area contributed by atoms with Gasteiger partial charge in [-0.15, -0.1) is 0 Å². The first-order valence-electron chi connectivity index (χ1n) is 3.52. The van der Waals surface area contributed by atoms with Crippen molar-refractivity contribution in [1.29, 1.82) is 0 Å². The zero-order valence-electron chi connectivity index (χ0n) is 6.89. The molecular formula is C9H9FO2. The van der Waals surface area contributed by atoms with Gasteiger partial charge in [0.15, 0.2) is 5.78 Å². The van der Waals surface area contributed by atoms with Crippen molar-refractivity contribution in [2.24, 2.45) is 0 Å². The molecule has 0 unspecified atom stereocenters. The van der Waals surface area contributed by atoms with E-state index < -0.39 is 5.82 Å². The lowest BCUT2D eigenvalue weighted by Crippen LogP contribution is -1.94. The summed E-state index contributed by atoms with van der Waals surface area (Å²) in [7, 11) is 0. The Balaban J connectivity index is 3.31. The van der Waals surface area contributed by atoms with E-state index in [1.807, 2.05) is 0 Å². The van der Waals surface area contributed by atoms with E-state index >= 15 is 0 Å². The van der Waals surface area contributed by atoms with Gasteiger partial charge < -0.3 is 5.11 Å². The minimum atomic E-state index is -0.555. The van der Waals surface area contributed by atoms with E-state index in [0.717, 1.165) is 6.07 Å². The van der Waals surface area contributed by atoms with Crippen molar-refractivity contribution in [2.75, 3.05) is 0 Å². The molecule has 1 rings (SSSR count). The van der Waals surface area contributed by atoms with E-state index in [-0.39, 0.29) is 22.7 Å². The van der Waals surface area contributed by atoms with Gasteiger partial charge >= 0.3 is 0 Å². The third-order valence-electron chi connectivity index (χ3n) is 1.72. The molecular weight excluding hydrogens is 159 g/mol. The molecule has 0 aromatic heterocycles. The molecule has 1 N–H and O–H groups in total. The molecule has 0 atom stereocenters. The SMILES string of the molecule is CC(=O)c1cc(O)c(C)c(F)c1. The Morgan fingerprint density at radius 3 is 2.50 bits per heavy atom. The van der Waals surface area contributed by atoms with Crippen molar-refractivity contribution >= 4 is 5.78 Å². The number of phenols is 1. The maximum absolute atomic E-state index is 12.9. The molecule has 0 saturated heterocycles. The highest BCUT2D eigenvalue weighted by Gasteiger charge is 2.07. The van der Waals surface area contributed by atoms with Gasteiger partial charge in [0.05, 0.1) is 0 Å². The lowest BCUT2D eigenvalue weighted by atomic mass is 10.1. The van der Waals surface area contributed by atoms with Gasteiger partial charge in [-0.25, -0.2) is 4.39 Å². The number of ketones is 1. The van der Waals surface area contributed by atoms with Crippen LogP contribution in [-0.4, -0.2) is 10.9 Å². The summed E-state index contributed by atoms with van der Waals surface area (Å²) in [6, 6.07) is 2.39. The Morgan fingerprint density at radius 2 is 2.08 bits per heavy atom. The highest BCUT2D eigenvalue weighted by molar-refractivity contribution is 5.94. The number of rotatable bonds is 1. The molecule has 0 aliphatic carbocycles. The largest absolute Gasteiger partial charge is 0.508 e. The molecule has 0 spiro atoms. The predicted molar refractivity (Wildman–Crippen MR) is 42.8 cm³/mol. The number of carbonyl (C=O) groups is 1. The van der Waals surface area contributed by atoms with E-state index in [1.165, 1.54) is 19.9 Å². The van der Waals surface area contributed by atoms with Crippen LogP contribution in [-0.2, 0) is 0 Å². The highest BCUT2D eigenvalue weighted by atomic mass is 19.1. The number of benzene rings is 1. The van der Waals surface area contributed by atoms with Gasteiger partial charge in [0.1, 0.15) is 11.6 Å². The standard InChI is InChI=1S/C9H9FO2/c1-5-8(10)3-7(6(2)11)4-9(5)12/h3-4,12H,1-2H3. The number of aromatic hydroxyl groups is 1. The third kappa shape index (κ3) is 1.44. The number of halogens is 1. The van der Waals surface area contributed by atoms with Crippen molar-refractivity contribution < 1.29 is 14.3 Å². The van der Waals surface area contributed by atoms with Crippen LogP contribution >= 0.6 is 0 Å². The molecule has 0 heterocycles. The van der Waals surface area contributed by atoms with Crippen LogP contribution < -0.4 is 0 Å². The van der Waals surface area contributed by atoms with Gasteiger partial charge in [-0.2, -0.15) is 0 Å². The molecule has 12 heavy (non-hydrogen) atoms. The van der Waals surface area contributed by atoms with Gasteiger partial charge in [-0.3, -0.25) is 4.79 Å². The van der Waals surface area contributed by atoms with E-state index in [1.54, 1.807) is 0 Å². The Bertz CT molecular complexity index is 308. The highest BCUT2D eigenvalue weighted by Crippen LogP contribution is 2.21. The van der Waals surface area contributed by atoms with E-state index in [4.69, 9.17) is 5.11 Å². The van der Waals surface area contributed by atoms with Crippen molar-refractivity contribution in [3.63, 3.8) is 0 Å². The average molecular weight is 168 g/mol. The lowest BCUT2D eigenvalue weighted by molar-refractivity contribution is 0.101. The summed E-state index contributed by atoms with van der Waals surface area (Å²) in [4.78, 5) is 10.8. The average Bonchev–Trinajstić information content (AvgIpc) is 1.99. The molecule has 0 amide bonds. The quantitative estimate of drug-likeness (QED) is 0.651. The summed E-state index contributed by atoms with van der Waals surface area (Å²) in [5.74, 6) is -0.996. The number of carbonyl (C=O) groups excluding carboxylic acids is 1. The van der Waals surface area contributed by atoms with Crippen LogP contribution in [0.15, 0.2) is 12.1 Å². The molecule has 0 radical (unpaired) electrons. The first-order chi connectivity index (χ1) is 5.52. The lowest BCUT2D eigenvalue weighted by Gasteiger charge is -2.02. The molecule has 1 aromatic rings. The zero-order valence-corrected chi connectivity index (χ0v) is 6.89. The summed E-state index contributed by atoms with van der Waals surface area (Å²) in [6.07, 6.45) is 0. The van der Waals surface area contributed by atoms with E-state index in [0.29, 0.717) is 0 Å². The Labute approximate surface area is 69.6 Å². The first kappa shape index (κ1) is 8.71. The fraction of sp³-hybridized carbons (Fsp3) is 0.222. The van der Waals surface area contributed by atoms with Crippen molar-refractivity contribution in [3.8, 4) is 5.75 Å². The van der Waals surface area contributed by atoms with Crippen molar-refractivity contribution in [2.45, 2.75) is 13.8 Å². The van der Waals surface area contributed by atoms with Crippen LogP contribution in [0.5, 0.6) is 5.75 Å². The second-order valence-corrected chi connectivity index (χ2v) is 2.66. The number of phenolic OH excluding ortho intramolecular Hbond substituents is 1. The minimum Gasteiger partial charge on any atom is -0.508 e. The molecule has 0 aliphatic heterocycles. The Morgan fingerprint density at radius 1 is 1.50 bits per heavy atom. The van der Waals surface area contributed by atoms with Crippen LogP contribution in [0.2, 0.25) is 0 Å². The third-order valence-corrected chi connectivity index (χ3v) is 1.72. The molecule has 0 saturated carbocycles. The maximum atomic E-state index is 12.9. The smallest absolute Gasteiger partial charge is 0.160 e. The molecule has 1 aromatic carbocycles. The molecule has 0 bridgehead atoms. The van der Waals surface area contributed by atoms with Crippen LogP contribution in [0, 0.1) is 12.7 Å². The first-order valence-corrected chi connectivity index (χ1v) is 3.52. The molecule has 0 aliphatic rings.